The maximum absolute atomic E-state index is 11.1. The van der Waals surface area contributed by atoms with E-state index in [-0.39, 0.29) is 10.6 Å². The molecule has 2 rings (SSSR count). The summed E-state index contributed by atoms with van der Waals surface area (Å²) in [6.45, 7) is 23.2. The topological polar surface area (TPSA) is 23.5 Å². The lowest BCUT2D eigenvalue weighted by Gasteiger charge is -2.34. The van der Waals surface area contributed by atoms with E-state index in [0.29, 0.717) is 14.3 Å². The summed E-state index contributed by atoms with van der Waals surface area (Å²) in [7, 11) is 0.612. The third-order valence-corrected chi connectivity index (χ3v) is 8.66. The molecule has 0 bridgehead atoms. The third-order valence-electron chi connectivity index (χ3n) is 6.52. The molecule has 3 heteroatoms. The SMILES string of the molecule is CCN(CC)Cc1cccc(C)c1PC(C)(CC)c1cc(C(C)(C)C)cc(C)c1O. The summed E-state index contributed by atoms with van der Waals surface area (Å²) in [5.74, 6) is 0.471. The standard InChI is InChI=1S/C27H42NOP/c1-10-27(9,23-17-22(26(6,7)8)16-20(5)24(23)29)30-25-19(4)14-13-15-21(25)18-28(11-2)12-3/h13-17,29-30H,10-12,18H2,1-9H3. The van der Waals surface area contributed by atoms with Gasteiger partial charge < -0.3 is 5.11 Å². The molecular formula is C27H42NOP. The first-order valence-corrected chi connectivity index (χ1v) is 12.4. The minimum atomic E-state index is -0.0970. The molecule has 0 fully saturated rings. The predicted molar refractivity (Wildman–Crippen MR) is 135 cm³/mol. The van der Waals surface area contributed by atoms with Crippen LogP contribution in [0.1, 0.15) is 82.7 Å². The second-order valence-electron chi connectivity index (χ2n) is 9.82. The summed E-state index contributed by atoms with van der Waals surface area (Å²) < 4.78 is 0. The van der Waals surface area contributed by atoms with Crippen molar-refractivity contribution in [2.45, 2.75) is 85.9 Å². The summed E-state index contributed by atoms with van der Waals surface area (Å²) in [5, 5.41) is 12.5. The molecule has 30 heavy (non-hydrogen) atoms. The Morgan fingerprint density at radius 2 is 1.57 bits per heavy atom. The first-order valence-electron chi connectivity index (χ1n) is 11.4. The summed E-state index contributed by atoms with van der Waals surface area (Å²) in [5.41, 5.74) is 6.23. The Kier molecular flexibility index (Phi) is 8.16. The first kappa shape index (κ1) is 24.9. The molecule has 0 spiro atoms. The number of nitrogens with zero attached hydrogens (tertiary/aromatic N) is 1. The van der Waals surface area contributed by atoms with Crippen LogP contribution in [0.15, 0.2) is 30.3 Å². The Morgan fingerprint density at radius 3 is 2.10 bits per heavy atom. The highest BCUT2D eigenvalue weighted by atomic mass is 31.1. The van der Waals surface area contributed by atoms with Gasteiger partial charge in [-0.1, -0.05) is 87.4 Å². The van der Waals surface area contributed by atoms with Gasteiger partial charge in [0.25, 0.3) is 0 Å². The van der Waals surface area contributed by atoms with E-state index in [1.807, 2.05) is 6.92 Å². The van der Waals surface area contributed by atoms with Gasteiger partial charge in [0.2, 0.25) is 0 Å². The summed E-state index contributed by atoms with van der Waals surface area (Å²) in [4.78, 5) is 2.48. The number of rotatable bonds is 8. The van der Waals surface area contributed by atoms with Crippen molar-refractivity contribution in [1.29, 1.82) is 0 Å². The monoisotopic (exact) mass is 427 g/mol. The van der Waals surface area contributed by atoms with E-state index in [0.717, 1.165) is 37.2 Å². The lowest BCUT2D eigenvalue weighted by Crippen LogP contribution is -2.27. The van der Waals surface area contributed by atoms with Crippen LogP contribution in [-0.2, 0) is 17.1 Å². The van der Waals surface area contributed by atoms with Gasteiger partial charge in [-0.15, -0.1) is 0 Å². The van der Waals surface area contributed by atoms with Gasteiger partial charge in [0, 0.05) is 17.3 Å². The van der Waals surface area contributed by atoms with E-state index in [1.54, 1.807) is 0 Å². The fourth-order valence-electron chi connectivity index (χ4n) is 3.98. The van der Waals surface area contributed by atoms with Gasteiger partial charge in [-0.3, -0.25) is 4.90 Å². The van der Waals surface area contributed by atoms with E-state index in [1.165, 1.54) is 22.0 Å². The van der Waals surface area contributed by atoms with Crippen LogP contribution in [0.3, 0.4) is 0 Å². The highest BCUT2D eigenvalue weighted by molar-refractivity contribution is 7.48. The van der Waals surface area contributed by atoms with Crippen molar-refractivity contribution in [3.63, 3.8) is 0 Å². The van der Waals surface area contributed by atoms with Crippen molar-refractivity contribution in [3.8, 4) is 5.75 Å². The minimum Gasteiger partial charge on any atom is -0.507 e. The summed E-state index contributed by atoms with van der Waals surface area (Å²) in [6, 6.07) is 11.1. The zero-order valence-corrected chi connectivity index (χ0v) is 21.6. The molecule has 0 saturated carbocycles. The van der Waals surface area contributed by atoms with Crippen molar-refractivity contribution in [2.75, 3.05) is 13.1 Å². The van der Waals surface area contributed by atoms with E-state index < -0.39 is 0 Å². The molecule has 2 nitrogen and oxygen atoms in total. The zero-order valence-electron chi connectivity index (χ0n) is 20.6. The average molecular weight is 428 g/mol. The third kappa shape index (κ3) is 5.45. The second kappa shape index (κ2) is 9.84. The van der Waals surface area contributed by atoms with Crippen LogP contribution in [0, 0.1) is 13.8 Å². The molecule has 0 amide bonds. The van der Waals surface area contributed by atoms with Gasteiger partial charge in [-0.2, -0.15) is 0 Å². The summed E-state index contributed by atoms with van der Waals surface area (Å²) in [6.07, 6.45) is 0.991. The first-order chi connectivity index (χ1) is 14.0. The average Bonchev–Trinajstić information content (AvgIpc) is 2.69. The molecule has 0 aromatic heterocycles. The lowest BCUT2D eigenvalue weighted by molar-refractivity contribution is 0.296. The Labute approximate surface area is 186 Å². The Balaban J connectivity index is 2.58. The van der Waals surface area contributed by atoms with Crippen LogP contribution in [-0.4, -0.2) is 23.1 Å². The molecule has 0 saturated heterocycles. The number of phenols is 1. The molecule has 2 unspecified atom stereocenters. The zero-order chi connectivity index (χ0) is 22.7. The van der Waals surface area contributed by atoms with E-state index in [4.69, 9.17) is 0 Å². The number of hydrogen-bond donors (Lipinski definition) is 1. The molecule has 1 N–H and O–H groups in total. The van der Waals surface area contributed by atoms with Crippen LogP contribution < -0.4 is 5.30 Å². The van der Waals surface area contributed by atoms with Crippen LogP contribution in [0.25, 0.3) is 0 Å². The van der Waals surface area contributed by atoms with Gasteiger partial charge in [-0.05, 0) is 66.3 Å². The van der Waals surface area contributed by atoms with Crippen molar-refractivity contribution in [1.82, 2.24) is 4.90 Å². The molecule has 0 radical (unpaired) electrons. The van der Waals surface area contributed by atoms with Crippen LogP contribution in [0.4, 0.5) is 0 Å². The highest BCUT2D eigenvalue weighted by Crippen LogP contribution is 2.49. The summed E-state index contributed by atoms with van der Waals surface area (Å²) >= 11 is 0. The van der Waals surface area contributed by atoms with Crippen LogP contribution in [0.5, 0.6) is 5.75 Å². The van der Waals surface area contributed by atoms with Crippen molar-refractivity contribution in [3.05, 3.63) is 58.1 Å². The predicted octanol–water partition coefficient (Wildman–Crippen LogP) is 6.78. The number of aromatic hydroxyl groups is 1. The minimum absolute atomic E-state index is 0.0571. The smallest absolute Gasteiger partial charge is 0.122 e. The van der Waals surface area contributed by atoms with Gasteiger partial charge in [0.1, 0.15) is 5.75 Å². The molecule has 166 valence electrons. The van der Waals surface area contributed by atoms with E-state index in [2.05, 4.69) is 90.6 Å². The second-order valence-corrected chi connectivity index (χ2v) is 11.7. The molecular weight excluding hydrogens is 385 g/mol. The van der Waals surface area contributed by atoms with Gasteiger partial charge in [0.15, 0.2) is 0 Å². The fraction of sp³-hybridized carbons (Fsp3) is 0.556. The van der Waals surface area contributed by atoms with Crippen molar-refractivity contribution < 1.29 is 5.11 Å². The largest absolute Gasteiger partial charge is 0.507 e. The normalized spacial score (nSPS) is 14.6. The van der Waals surface area contributed by atoms with Crippen molar-refractivity contribution in [2.24, 2.45) is 0 Å². The van der Waals surface area contributed by atoms with Crippen LogP contribution in [0.2, 0.25) is 0 Å². The Bertz CT molecular complexity index is 864. The maximum Gasteiger partial charge on any atom is 0.122 e. The van der Waals surface area contributed by atoms with Gasteiger partial charge >= 0.3 is 0 Å². The number of hydrogen-bond acceptors (Lipinski definition) is 2. The Morgan fingerprint density at radius 1 is 0.933 bits per heavy atom. The Hall–Kier alpha value is -1.37. The molecule has 2 atom stereocenters. The van der Waals surface area contributed by atoms with E-state index >= 15 is 0 Å². The molecule has 0 aliphatic carbocycles. The molecule has 2 aromatic rings. The van der Waals surface area contributed by atoms with E-state index in [9.17, 15) is 5.11 Å². The quantitative estimate of drug-likeness (QED) is 0.470. The highest BCUT2D eigenvalue weighted by Gasteiger charge is 2.32. The molecule has 0 aliphatic rings. The number of aryl methyl sites for hydroxylation is 2. The van der Waals surface area contributed by atoms with Crippen LogP contribution >= 0.6 is 8.58 Å². The molecule has 2 aromatic carbocycles. The number of phenolic OH excluding ortho intramolecular Hbond substituents is 1. The van der Waals surface area contributed by atoms with Gasteiger partial charge in [0.05, 0.1) is 0 Å². The maximum atomic E-state index is 11.1. The molecule has 0 aliphatic heterocycles. The number of benzene rings is 2. The van der Waals surface area contributed by atoms with Crippen molar-refractivity contribution >= 4 is 13.9 Å². The molecule has 0 heterocycles. The fourth-order valence-corrected chi connectivity index (χ4v) is 5.64. The van der Waals surface area contributed by atoms with Gasteiger partial charge in [-0.25, -0.2) is 0 Å². The lowest BCUT2D eigenvalue weighted by atomic mass is 9.82.